The van der Waals surface area contributed by atoms with E-state index in [4.69, 9.17) is 21.1 Å². The Kier molecular flexibility index (Phi) is 5.77. The molecule has 0 spiro atoms. The minimum absolute atomic E-state index is 0.168. The Morgan fingerprint density at radius 1 is 0.885 bits per heavy atom. The molecule has 0 heterocycles. The molecule has 0 radical (unpaired) electrons. The van der Waals surface area contributed by atoms with Crippen molar-refractivity contribution in [3.8, 4) is 17.2 Å². The van der Waals surface area contributed by atoms with E-state index in [1.807, 2.05) is 54.6 Å². The number of halogens is 1. The summed E-state index contributed by atoms with van der Waals surface area (Å²) in [5.74, 6) is 0.688. The average molecular weight is 369 g/mol. The fourth-order valence-electron chi connectivity index (χ4n) is 2.44. The van der Waals surface area contributed by atoms with Crippen LogP contribution in [0.5, 0.6) is 17.2 Å². The molecule has 3 rings (SSSR count). The van der Waals surface area contributed by atoms with Gasteiger partial charge in [0.05, 0.1) is 0 Å². The van der Waals surface area contributed by atoms with E-state index < -0.39 is 12.1 Å². The highest BCUT2D eigenvalue weighted by Gasteiger charge is 2.22. The van der Waals surface area contributed by atoms with E-state index in [9.17, 15) is 9.90 Å². The van der Waals surface area contributed by atoms with Gasteiger partial charge in [-0.05, 0) is 48.0 Å². The van der Waals surface area contributed by atoms with Crippen molar-refractivity contribution in [2.45, 2.75) is 12.5 Å². The molecule has 1 N–H and O–H groups in total. The Morgan fingerprint density at radius 3 is 2.23 bits per heavy atom. The predicted molar refractivity (Wildman–Crippen MR) is 100 cm³/mol. The first-order valence-electron chi connectivity index (χ1n) is 8.07. The zero-order chi connectivity index (χ0) is 18.4. The summed E-state index contributed by atoms with van der Waals surface area (Å²) in [6.45, 7) is 0. The first-order chi connectivity index (χ1) is 12.6. The van der Waals surface area contributed by atoms with Gasteiger partial charge in [0.2, 0.25) is 0 Å². The van der Waals surface area contributed by atoms with Crippen LogP contribution in [-0.4, -0.2) is 17.2 Å². The third-order valence-electron chi connectivity index (χ3n) is 3.72. The summed E-state index contributed by atoms with van der Waals surface area (Å²) >= 11 is 5.85. The van der Waals surface area contributed by atoms with Crippen LogP contribution in [0.2, 0.25) is 5.02 Å². The highest BCUT2D eigenvalue weighted by Crippen LogP contribution is 2.27. The lowest BCUT2D eigenvalue weighted by Crippen LogP contribution is -2.29. The van der Waals surface area contributed by atoms with Crippen LogP contribution in [0, 0.1) is 0 Å². The molecule has 26 heavy (non-hydrogen) atoms. The van der Waals surface area contributed by atoms with E-state index in [-0.39, 0.29) is 6.42 Å². The van der Waals surface area contributed by atoms with Gasteiger partial charge in [-0.1, -0.05) is 48.0 Å². The second-order valence-electron chi connectivity index (χ2n) is 5.63. The minimum Gasteiger partial charge on any atom is -0.478 e. The number of hydrogen-bond donors (Lipinski definition) is 1. The fraction of sp³-hybridized carbons (Fsp3) is 0.0952. The van der Waals surface area contributed by atoms with Crippen molar-refractivity contribution in [3.63, 3.8) is 0 Å². The number of carbonyl (C=O) groups is 1. The highest BCUT2D eigenvalue weighted by molar-refractivity contribution is 6.30. The van der Waals surface area contributed by atoms with Gasteiger partial charge in [0, 0.05) is 11.4 Å². The molecule has 3 aromatic carbocycles. The second-order valence-corrected chi connectivity index (χ2v) is 6.06. The lowest BCUT2D eigenvalue weighted by molar-refractivity contribution is -0.145. The Bertz CT molecular complexity index is 863. The van der Waals surface area contributed by atoms with E-state index in [0.717, 1.165) is 5.56 Å². The van der Waals surface area contributed by atoms with Gasteiger partial charge in [0.1, 0.15) is 17.2 Å². The SMILES string of the molecule is O=C(O)[C@@H](Cc1ccccc1Oc1ccccc1)Oc1ccc(Cl)cc1. The molecule has 0 aliphatic carbocycles. The van der Waals surface area contributed by atoms with E-state index in [1.165, 1.54) is 0 Å². The standard InChI is InChI=1S/C21H17ClO4/c22-16-10-12-18(13-11-16)26-20(21(23)24)14-15-6-4-5-9-19(15)25-17-7-2-1-3-8-17/h1-13,20H,14H2,(H,23,24)/t20-/m1/s1. The van der Waals surface area contributed by atoms with Gasteiger partial charge in [-0.3, -0.25) is 0 Å². The summed E-state index contributed by atoms with van der Waals surface area (Å²) < 4.78 is 11.5. The van der Waals surface area contributed by atoms with Crippen molar-refractivity contribution in [1.29, 1.82) is 0 Å². The van der Waals surface area contributed by atoms with E-state index in [2.05, 4.69) is 0 Å². The number of aliphatic carboxylic acids is 1. The molecule has 0 aliphatic rings. The topological polar surface area (TPSA) is 55.8 Å². The molecule has 0 saturated carbocycles. The Morgan fingerprint density at radius 2 is 1.54 bits per heavy atom. The van der Waals surface area contributed by atoms with Crippen LogP contribution < -0.4 is 9.47 Å². The maximum Gasteiger partial charge on any atom is 0.345 e. The van der Waals surface area contributed by atoms with Crippen LogP contribution >= 0.6 is 11.6 Å². The Balaban J connectivity index is 1.79. The van der Waals surface area contributed by atoms with Crippen molar-refractivity contribution < 1.29 is 19.4 Å². The van der Waals surface area contributed by atoms with Crippen molar-refractivity contribution in [2.24, 2.45) is 0 Å². The van der Waals surface area contributed by atoms with Crippen LogP contribution in [0.25, 0.3) is 0 Å². The van der Waals surface area contributed by atoms with Crippen LogP contribution in [0.4, 0.5) is 0 Å². The maximum absolute atomic E-state index is 11.7. The van der Waals surface area contributed by atoms with Crippen LogP contribution in [0.15, 0.2) is 78.9 Å². The normalized spacial score (nSPS) is 11.6. The maximum atomic E-state index is 11.7. The van der Waals surface area contributed by atoms with Gasteiger partial charge in [-0.15, -0.1) is 0 Å². The molecular weight excluding hydrogens is 352 g/mol. The number of carboxylic acid groups (broad SMARTS) is 1. The summed E-state index contributed by atoms with van der Waals surface area (Å²) in [5, 5.41) is 10.1. The van der Waals surface area contributed by atoms with Crippen LogP contribution in [0.3, 0.4) is 0 Å². The Hall–Kier alpha value is -2.98. The van der Waals surface area contributed by atoms with E-state index in [1.54, 1.807) is 24.3 Å². The zero-order valence-corrected chi connectivity index (χ0v) is 14.6. The number of rotatable bonds is 7. The molecule has 5 heteroatoms. The molecule has 0 bridgehead atoms. The van der Waals surface area contributed by atoms with Gasteiger partial charge in [-0.25, -0.2) is 4.79 Å². The van der Waals surface area contributed by atoms with Gasteiger partial charge >= 0.3 is 5.97 Å². The molecule has 0 unspecified atom stereocenters. The molecule has 1 atom stereocenters. The zero-order valence-electron chi connectivity index (χ0n) is 13.8. The van der Waals surface area contributed by atoms with E-state index >= 15 is 0 Å². The number of carboxylic acids is 1. The monoisotopic (exact) mass is 368 g/mol. The summed E-state index contributed by atoms with van der Waals surface area (Å²) in [6, 6.07) is 23.3. The van der Waals surface area contributed by atoms with Crippen molar-refractivity contribution in [1.82, 2.24) is 0 Å². The third-order valence-corrected chi connectivity index (χ3v) is 3.97. The average Bonchev–Trinajstić information content (AvgIpc) is 2.65. The first-order valence-corrected chi connectivity index (χ1v) is 8.45. The first kappa shape index (κ1) is 17.8. The van der Waals surface area contributed by atoms with Crippen molar-refractivity contribution >= 4 is 17.6 Å². The number of para-hydroxylation sites is 2. The summed E-state index contributed by atoms with van der Waals surface area (Å²) in [4.78, 5) is 11.7. The second kappa shape index (κ2) is 8.41. The number of benzene rings is 3. The van der Waals surface area contributed by atoms with E-state index in [0.29, 0.717) is 22.3 Å². The molecular formula is C21H17ClO4. The molecule has 4 nitrogen and oxygen atoms in total. The molecule has 0 aromatic heterocycles. The number of ether oxygens (including phenoxy) is 2. The molecule has 0 fully saturated rings. The largest absolute Gasteiger partial charge is 0.478 e. The Labute approximate surface area is 156 Å². The quantitative estimate of drug-likeness (QED) is 0.622. The molecule has 132 valence electrons. The van der Waals surface area contributed by atoms with Crippen molar-refractivity contribution in [3.05, 3.63) is 89.4 Å². The van der Waals surface area contributed by atoms with Gasteiger partial charge in [0.15, 0.2) is 6.10 Å². The molecule has 0 saturated heterocycles. The smallest absolute Gasteiger partial charge is 0.345 e. The summed E-state index contributed by atoms with van der Waals surface area (Å²) in [7, 11) is 0. The highest BCUT2D eigenvalue weighted by atomic mass is 35.5. The van der Waals surface area contributed by atoms with Gasteiger partial charge < -0.3 is 14.6 Å². The minimum atomic E-state index is -1.05. The predicted octanol–water partition coefficient (Wildman–Crippen LogP) is 5.21. The van der Waals surface area contributed by atoms with Crippen LogP contribution in [0.1, 0.15) is 5.56 Å². The molecule has 0 amide bonds. The number of hydrogen-bond acceptors (Lipinski definition) is 3. The summed E-state index contributed by atoms with van der Waals surface area (Å²) in [6.07, 6.45) is -0.877. The fourth-order valence-corrected chi connectivity index (χ4v) is 2.57. The molecule has 3 aromatic rings. The third kappa shape index (κ3) is 4.77. The van der Waals surface area contributed by atoms with Crippen LogP contribution in [-0.2, 0) is 11.2 Å². The van der Waals surface area contributed by atoms with Crippen molar-refractivity contribution in [2.75, 3.05) is 0 Å². The molecule has 0 aliphatic heterocycles. The van der Waals surface area contributed by atoms with Gasteiger partial charge in [-0.2, -0.15) is 0 Å². The lowest BCUT2D eigenvalue weighted by Gasteiger charge is -2.17. The lowest BCUT2D eigenvalue weighted by atomic mass is 10.1. The summed E-state index contributed by atoms with van der Waals surface area (Å²) in [5.41, 5.74) is 0.748. The van der Waals surface area contributed by atoms with Gasteiger partial charge in [0.25, 0.3) is 0 Å².